The summed E-state index contributed by atoms with van der Waals surface area (Å²) in [6, 6.07) is 3.50. The lowest BCUT2D eigenvalue weighted by atomic mass is 10.1. The van der Waals surface area contributed by atoms with Gasteiger partial charge in [-0.3, -0.25) is 25.2 Å². The van der Waals surface area contributed by atoms with Gasteiger partial charge in [0.15, 0.2) is 18.4 Å². The minimum atomic E-state index is -1.03. The first-order chi connectivity index (χ1) is 15.7. The van der Waals surface area contributed by atoms with Crippen LogP contribution in [0.2, 0.25) is 0 Å². The van der Waals surface area contributed by atoms with Crippen molar-refractivity contribution in [2.75, 3.05) is 6.61 Å². The van der Waals surface area contributed by atoms with Crippen LogP contribution in [0.25, 0.3) is 21.3 Å². The second-order valence-electron chi connectivity index (χ2n) is 7.43. The quantitative estimate of drug-likeness (QED) is 0.331. The van der Waals surface area contributed by atoms with Gasteiger partial charge in [0.1, 0.15) is 23.0 Å². The Bertz CT molecular complexity index is 1260. The second kappa shape index (κ2) is 9.08. The van der Waals surface area contributed by atoms with Gasteiger partial charge >= 0.3 is 17.9 Å². The highest BCUT2D eigenvalue weighted by atomic mass is 35.5. The van der Waals surface area contributed by atoms with E-state index < -0.39 is 42.4 Å². The number of carbonyl (C=O) groups is 3. The van der Waals surface area contributed by atoms with Crippen molar-refractivity contribution in [3.8, 4) is 0 Å². The highest BCUT2D eigenvalue weighted by Crippen LogP contribution is 2.36. The van der Waals surface area contributed by atoms with E-state index in [4.69, 9.17) is 42.1 Å². The van der Waals surface area contributed by atoms with E-state index in [9.17, 15) is 14.4 Å². The number of aromatic nitrogens is 2. The zero-order valence-corrected chi connectivity index (χ0v) is 19.3. The van der Waals surface area contributed by atoms with Crippen molar-refractivity contribution in [3.63, 3.8) is 0 Å². The third-order valence-corrected chi connectivity index (χ3v) is 5.68. The standard InChI is InChI=1S/C20H20Cl2N4O7/c1-8(27)30-6-15-16(31-9(2)28)17(32-10(3)29)20(33-15)26-7-23-13-4-11-12(5-14(13)26)19(22)25-24-18(11)21/h4-5,7,15-17,20,24-25H,6H2,1-3H3/t15-,16-,17-,20?/m1/s1. The van der Waals surface area contributed by atoms with Gasteiger partial charge in [-0.15, -0.1) is 0 Å². The molecule has 1 fully saturated rings. The number of esters is 3. The SMILES string of the molecule is CC(=O)OC[C@H]1OC(n2cnc3cc4c(cc32)=C(Cl)NNC=4Cl)[C@H](OC(C)=O)[C@@H]1OC(C)=O. The predicted octanol–water partition coefficient (Wildman–Crippen LogP) is 0.0770. The molecule has 176 valence electrons. The van der Waals surface area contributed by atoms with Gasteiger partial charge in [-0.1, -0.05) is 23.2 Å². The van der Waals surface area contributed by atoms with E-state index in [0.29, 0.717) is 31.8 Å². The van der Waals surface area contributed by atoms with Gasteiger partial charge in [-0.25, -0.2) is 4.98 Å². The van der Waals surface area contributed by atoms with Crippen LogP contribution in [-0.2, 0) is 33.3 Å². The van der Waals surface area contributed by atoms with Crippen LogP contribution in [-0.4, -0.2) is 52.4 Å². The first-order valence-electron chi connectivity index (χ1n) is 9.87. The molecule has 33 heavy (non-hydrogen) atoms. The van der Waals surface area contributed by atoms with Crippen LogP contribution in [0.4, 0.5) is 0 Å². The fraction of sp³-hybridized carbons (Fsp3) is 0.400. The Morgan fingerprint density at radius 1 is 1.00 bits per heavy atom. The molecule has 2 aliphatic rings. The van der Waals surface area contributed by atoms with E-state index in [0.717, 1.165) is 0 Å². The number of hydrazine groups is 1. The normalized spacial score (nSPS) is 24.0. The van der Waals surface area contributed by atoms with Gasteiger partial charge < -0.3 is 23.5 Å². The lowest BCUT2D eigenvalue weighted by molar-refractivity contribution is -0.166. The van der Waals surface area contributed by atoms with Crippen LogP contribution in [0, 0.1) is 0 Å². The maximum absolute atomic E-state index is 11.9. The number of halogens is 2. The molecule has 0 spiro atoms. The van der Waals surface area contributed by atoms with Crippen molar-refractivity contribution < 1.29 is 33.3 Å². The van der Waals surface area contributed by atoms with Crippen LogP contribution < -0.4 is 21.3 Å². The van der Waals surface area contributed by atoms with Gasteiger partial charge in [0, 0.05) is 31.2 Å². The lowest BCUT2D eigenvalue weighted by Crippen LogP contribution is -2.44. The molecule has 1 unspecified atom stereocenters. The summed E-state index contributed by atoms with van der Waals surface area (Å²) in [5.41, 5.74) is 6.67. The van der Waals surface area contributed by atoms with Crippen LogP contribution >= 0.6 is 23.2 Å². The smallest absolute Gasteiger partial charge is 0.303 e. The predicted molar refractivity (Wildman–Crippen MR) is 115 cm³/mol. The molecular formula is C20H20Cl2N4O7. The monoisotopic (exact) mass is 498 g/mol. The molecule has 2 aromatic rings. The molecule has 0 amide bonds. The first kappa shape index (κ1) is 23.1. The number of imidazole rings is 1. The average molecular weight is 499 g/mol. The van der Waals surface area contributed by atoms with Crippen LogP contribution in [0.15, 0.2) is 18.5 Å². The summed E-state index contributed by atoms with van der Waals surface area (Å²) in [5.74, 6) is -1.75. The Labute approximate surface area is 197 Å². The van der Waals surface area contributed by atoms with Crippen molar-refractivity contribution in [2.24, 2.45) is 0 Å². The highest BCUT2D eigenvalue weighted by molar-refractivity contribution is 6.47. The Balaban J connectivity index is 1.82. The molecule has 1 aromatic carbocycles. The molecule has 0 bridgehead atoms. The summed E-state index contributed by atoms with van der Waals surface area (Å²) in [4.78, 5) is 39.4. The molecule has 0 saturated carbocycles. The molecule has 0 aliphatic carbocycles. The third-order valence-electron chi connectivity index (χ3n) is 5.08. The fourth-order valence-corrected chi connectivity index (χ4v) is 4.21. The van der Waals surface area contributed by atoms with E-state index >= 15 is 0 Å². The zero-order chi connectivity index (χ0) is 23.9. The van der Waals surface area contributed by atoms with Crippen LogP contribution in [0.5, 0.6) is 0 Å². The number of benzene rings is 1. The van der Waals surface area contributed by atoms with E-state index in [1.165, 1.54) is 27.1 Å². The summed E-state index contributed by atoms with van der Waals surface area (Å²) >= 11 is 12.5. The number of ether oxygens (including phenoxy) is 4. The van der Waals surface area contributed by atoms with Crippen LogP contribution in [0.1, 0.15) is 27.0 Å². The van der Waals surface area contributed by atoms with Gasteiger partial charge in [-0.2, -0.15) is 0 Å². The Morgan fingerprint density at radius 3 is 2.21 bits per heavy atom. The zero-order valence-electron chi connectivity index (χ0n) is 17.8. The number of nitrogens with zero attached hydrogens (tertiary/aromatic N) is 2. The molecule has 4 rings (SSSR count). The number of hydrogen-bond donors (Lipinski definition) is 2. The summed E-state index contributed by atoms with van der Waals surface area (Å²) < 4.78 is 23.7. The molecule has 4 atom stereocenters. The number of carbonyl (C=O) groups excluding carboxylic acids is 3. The summed E-state index contributed by atoms with van der Waals surface area (Å²) in [6.07, 6.45) is -2.37. The number of nitrogens with one attached hydrogen (secondary N) is 2. The minimum absolute atomic E-state index is 0.205. The Morgan fingerprint density at radius 2 is 1.61 bits per heavy atom. The molecule has 2 aliphatic heterocycles. The van der Waals surface area contributed by atoms with Gasteiger partial charge in [0.25, 0.3) is 0 Å². The summed E-state index contributed by atoms with van der Waals surface area (Å²) in [5, 5.41) is 1.92. The first-order valence-corrected chi connectivity index (χ1v) is 10.6. The Hall–Kier alpha value is -3.02. The molecule has 13 heteroatoms. The lowest BCUT2D eigenvalue weighted by Gasteiger charge is -2.24. The molecular weight excluding hydrogens is 479 g/mol. The van der Waals surface area contributed by atoms with Gasteiger partial charge in [0.2, 0.25) is 0 Å². The maximum atomic E-state index is 11.9. The largest absolute Gasteiger partial charge is 0.463 e. The summed E-state index contributed by atoms with van der Waals surface area (Å²) in [7, 11) is 0. The van der Waals surface area contributed by atoms with Crippen molar-refractivity contribution in [2.45, 2.75) is 45.3 Å². The molecule has 11 nitrogen and oxygen atoms in total. The summed E-state index contributed by atoms with van der Waals surface area (Å²) in [6.45, 7) is 3.49. The van der Waals surface area contributed by atoms with Gasteiger partial charge in [-0.05, 0) is 12.1 Å². The molecule has 1 aromatic heterocycles. The molecule has 2 N–H and O–H groups in total. The van der Waals surface area contributed by atoms with E-state index in [1.807, 2.05) is 0 Å². The van der Waals surface area contributed by atoms with Crippen molar-refractivity contribution in [3.05, 3.63) is 28.9 Å². The van der Waals surface area contributed by atoms with E-state index in [1.54, 1.807) is 16.7 Å². The molecule has 1 saturated heterocycles. The molecule has 0 radical (unpaired) electrons. The number of fused-ring (bicyclic) bond motifs is 2. The molecule has 3 heterocycles. The topological polar surface area (TPSA) is 130 Å². The van der Waals surface area contributed by atoms with Crippen molar-refractivity contribution >= 4 is 62.5 Å². The van der Waals surface area contributed by atoms with Crippen molar-refractivity contribution in [1.29, 1.82) is 0 Å². The van der Waals surface area contributed by atoms with Crippen LogP contribution in [0.3, 0.4) is 0 Å². The maximum Gasteiger partial charge on any atom is 0.303 e. The second-order valence-corrected chi connectivity index (χ2v) is 8.19. The Kier molecular flexibility index (Phi) is 6.37. The highest BCUT2D eigenvalue weighted by Gasteiger charge is 2.50. The van der Waals surface area contributed by atoms with E-state index in [-0.39, 0.29) is 6.61 Å². The van der Waals surface area contributed by atoms with Gasteiger partial charge in [0.05, 0.1) is 17.4 Å². The third kappa shape index (κ3) is 4.56. The van der Waals surface area contributed by atoms with E-state index in [2.05, 4.69) is 15.8 Å². The minimum Gasteiger partial charge on any atom is -0.463 e. The average Bonchev–Trinajstić information content (AvgIpc) is 3.29. The van der Waals surface area contributed by atoms with Crippen molar-refractivity contribution in [1.82, 2.24) is 20.4 Å². The number of rotatable bonds is 5. The fourth-order valence-electron chi connectivity index (χ4n) is 3.80. The number of hydrogen-bond acceptors (Lipinski definition) is 10.